The lowest BCUT2D eigenvalue weighted by molar-refractivity contribution is -0.123. The van der Waals surface area contributed by atoms with Gasteiger partial charge >= 0.3 is 6.03 Å². The van der Waals surface area contributed by atoms with Crippen LogP contribution >= 0.6 is 0 Å². The van der Waals surface area contributed by atoms with Crippen LogP contribution in [0.5, 0.6) is 0 Å². The van der Waals surface area contributed by atoms with E-state index in [4.69, 9.17) is 5.73 Å². The van der Waals surface area contributed by atoms with Gasteiger partial charge in [-0.25, -0.2) is 14.2 Å². The summed E-state index contributed by atoms with van der Waals surface area (Å²) < 4.78 is 15.8. The van der Waals surface area contributed by atoms with Gasteiger partial charge in [-0.3, -0.25) is 4.79 Å². The van der Waals surface area contributed by atoms with Gasteiger partial charge < -0.3 is 20.5 Å². The molecular weight excluding hydrogens is 325 g/mol. The van der Waals surface area contributed by atoms with Gasteiger partial charge in [0, 0.05) is 37.9 Å². The van der Waals surface area contributed by atoms with Crippen molar-refractivity contribution >= 4 is 11.9 Å². The molecule has 0 saturated carbocycles. The first-order chi connectivity index (χ1) is 12.0. The molecule has 3 rings (SSSR count). The number of hydrogen-bond donors (Lipinski definition) is 2. The van der Waals surface area contributed by atoms with E-state index in [1.807, 2.05) is 0 Å². The average Bonchev–Trinajstić information content (AvgIpc) is 3.14. The monoisotopic (exact) mass is 345 g/mol. The zero-order valence-electron chi connectivity index (χ0n) is 13.7. The molecule has 1 aliphatic rings. The average molecular weight is 345 g/mol. The molecule has 0 bridgehead atoms. The Morgan fingerprint density at radius 2 is 2.08 bits per heavy atom. The number of benzene rings is 1. The third-order valence-electron chi connectivity index (χ3n) is 4.42. The fourth-order valence-corrected chi connectivity index (χ4v) is 2.93. The van der Waals surface area contributed by atoms with Crippen molar-refractivity contribution in [1.82, 2.24) is 19.8 Å². The van der Waals surface area contributed by atoms with Gasteiger partial charge in [-0.05, 0) is 30.5 Å². The number of aromatic nitrogens is 2. The second kappa shape index (κ2) is 7.33. The maximum atomic E-state index is 14.2. The second-order valence-electron chi connectivity index (χ2n) is 6.08. The molecule has 8 heteroatoms. The number of nitrogens with zero attached hydrogens (tertiary/aromatic N) is 3. The Kier molecular flexibility index (Phi) is 4.97. The molecule has 3 N–H and O–H groups in total. The summed E-state index contributed by atoms with van der Waals surface area (Å²) >= 11 is 0. The summed E-state index contributed by atoms with van der Waals surface area (Å²) in [6.07, 6.45) is 5.92. The summed E-state index contributed by atoms with van der Waals surface area (Å²) in [6, 6.07) is 4.59. The van der Waals surface area contributed by atoms with Crippen LogP contribution in [0.1, 0.15) is 18.4 Å². The summed E-state index contributed by atoms with van der Waals surface area (Å²) in [5.41, 5.74) is 6.36. The van der Waals surface area contributed by atoms with Crippen molar-refractivity contribution in [2.24, 2.45) is 11.7 Å². The SMILES string of the molecule is NC(=O)C1CCN(C(=O)NCc2ccc(-n3ccnc3)c(F)c2)CC1. The number of nitrogens with one attached hydrogen (secondary N) is 1. The summed E-state index contributed by atoms with van der Waals surface area (Å²) in [4.78, 5) is 28.9. The fourth-order valence-electron chi connectivity index (χ4n) is 2.93. The molecule has 2 heterocycles. The minimum absolute atomic E-state index is 0.158. The molecule has 3 amide bonds. The minimum Gasteiger partial charge on any atom is -0.369 e. The molecule has 0 aliphatic carbocycles. The second-order valence-corrected chi connectivity index (χ2v) is 6.08. The number of hydrogen-bond acceptors (Lipinski definition) is 3. The van der Waals surface area contributed by atoms with Crippen LogP contribution < -0.4 is 11.1 Å². The van der Waals surface area contributed by atoms with Crippen molar-refractivity contribution in [1.29, 1.82) is 0 Å². The zero-order chi connectivity index (χ0) is 17.8. The molecule has 1 aliphatic heterocycles. The lowest BCUT2D eigenvalue weighted by Gasteiger charge is -2.30. The van der Waals surface area contributed by atoms with Crippen molar-refractivity contribution in [2.45, 2.75) is 19.4 Å². The van der Waals surface area contributed by atoms with E-state index in [2.05, 4.69) is 10.3 Å². The summed E-state index contributed by atoms with van der Waals surface area (Å²) in [7, 11) is 0. The Labute approximate surface area is 144 Å². The minimum atomic E-state index is -0.382. The highest BCUT2D eigenvalue weighted by atomic mass is 19.1. The Morgan fingerprint density at radius 3 is 2.68 bits per heavy atom. The Hall–Kier alpha value is -2.90. The standard InChI is InChI=1S/C17H20FN5O2/c18-14-9-12(1-2-15(14)23-8-5-20-11-23)10-21-17(25)22-6-3-13(4-7-22)16(19)24/h1-2,5,8-9,11,13H,3-4,6-7,10H2,(H2,19,24)(H,21,25). The number of imidazole rings is 1. The van der Waals surface area contributed by atoms with Crippen molar-refractivity contribution in [3.63, 3.8) is 0 Å². The molecule has 0 radical (unpaired) electrons. The Balaban J connectivity index is 1.54. The van der Waals surface area contributed by atoms with Gasteiger partial charge in [0.25, 0.3) is 0 Å². The lowest BCUT2D eigenvalue weighted by atomic mass is 9.96. The molecule has 2 aromatic rings. The van der Waals surface area contributed by atoms with E-state index in [9.17, 15) is 14.0 Å². The summed E-state index contributed by atoms with van der Waals surface area (Å²) in [5.74, 6) is -0.852. The molecule has 132 valence electrons. The van der Waals surface area contributed by atoms with Gasteiger partial charge in [0.1, 0.15) is 5.82 Å². The topological polar surface area (TPSA) is 93.3 Å². The zero-order valence-corrected chi connectivity index (χ0v) is 13.7. The van der Waals surface area contributed by atoms with Crippen molar-refractivity contribution in [3.8, 4) is 5.69 Å². The third-order valence-corrected chi connectivity index (χ3v) is 4.42. The quantitative estimate of drug-likeness (QED) is 0.877. The van der Waals surface area contributed by atoms with Gasteiger partial charge in [-0.2, -0.15) is 0 Å². The highest BCUT2D eigenvalue weighted by Gasteiger charge is 2.25. The van der Waals surface area contributed by atoms with Crippen LogP contribution in [0.3, 0.4) is 0 Å². The number of likely N-dealkylation sites (tertiary alicyclic amines) is 1. The van der Waals surface area contributed by atoms with Gasteiger partial charge in [0.2, 0.25) is 5.91 Å². The van der Waals surface area contributed by atoms with Crippen LogP contribution in [0.25, 0.3) is 5.69 Å². The van der Waals surface area contributed by atoms with E-state index < -0.39 is 0 Å². The molecule has 25 heavy (non-hydrogen) atoms. The molecule has 1 fully saturated rings. The van der Waals surface area contributed by atoms with Crippen LogP contribution in [0.15, 0.2) is 36.9 Å². The van der Waals surface area contributed by atoms with Crippen molar-refractivity contribution in [3.05, 3.63) is 48.3 Å². The number of carbonyl (C=O) groups is 2. The van der Waals surface area contributed by atoms with E-state index >= 15 is 0 Å². The van der Waals surface area contributed by atoms with Gasteiger partial charge in [-0.15, -0.1) is 0 Å². The van der Waals surface area contributed by atoms with Crippen molar-refractivity contribution in [2.75, 3.05) is 13.1 Å². The first-order valence-electron chi connectivity index (χ1n) is 8.13. The molecule has 1 saturated heterocycles. The maximum Gasteiger partial charge on any atom is 0.317 e. The summed E-state index contributed by atoms with van der Waals surface area (Å²) in [5, 5.41) is 2.78. The number of primary amides is 1. The molecule has 0 spiro atoms. The van der Waals surface area contributed by atoms with E-state index in [-0.39, 0.29) is 30.2 Å². The smallest absolute Gasteiger partial charge is 0.317 e. The number of rotatable bonds is 4. The fraction of sp³-hybridized carbons (Fsp3) is 0.353. The highest BCUT2D eigenvalue weighted by molar-refractivity contribution is 5.78. The number of nitrogens with two attached hydrogens (primary N) is 1. The van der Waals surface area contributed by atoms with Crippen molar-refractivity contribution < 1.29 is 14.0 Å². The Morgan fingerprint density at radius 1 is 1.32 bits per heavy atom. The van der Waals surface area contributed by atoms with Crippen LogP contribution in [-0.2, 0) is 11.3 Å². The molecule has 0 atom stereocenters. The first-order valence-corrected chi connectivity index (χ1v) is 8.13. The summed E-state index contributed by atoms with van der Waals surface area (Å²) in [6.45, 7) is 1.22. The van der Waals surface area contributed by atoms with Gasteiger partial charge in [-0.1, -0.05) is 6.07 Å². The van der Waals surface area contributed by atoms with Crippen LogP contribution in [0, 0.1) is 11.7 Å². The van der Waals surface area contributed by atoms with E-state index in [0.29, 0.717) is 37.2 Å². The molecule has 1 aromatic heterocycles. The molecule has 7 nitrogen and oxygen atoms in total. The number of urea groups is 1. The van der Waals surface area contributed by atoms with Gasteiger partial charge in [0.15, 0.2) is 0 Å². The van der Waals surface area contributed by atoms with Crippen LogP contribution in [0.4, 0.5) is 9.18 Å². The number of amides is 3. The predicted octanol–water partition coefficient (Wildman–Crippen LogP) is 1.42. The van der Waals surface area contributed by atoms with Gasteiger partial charge in [0.05, 0.1) is 12.0 Å². The number of carbonyl (C=O) groups excluding carboxylic acids is 2. The molecule has 1 aromatic carbocycles. The largest absolute Gasteiger partial charge is 0.369 e. The lowest BCUT2D eigenvalue weighted by Crippen LogP contribution is -2.46. The normalized spacial score (nSPS) is 15.2. The predicted molar refractivity (Wildman–Crippen MR) is 89.2 cm³/mol. The molecule has 0 unspecified atom stereocenters. The van der Waals surface area contributed by atoms with E-state index in [0.717, 1.165) is 0 Å². The third kappa shape index (κ3) is 3.96. The highest BCUT2D eigenvalue weighted by Crippen LogP contribution is 2.17. The van der Waals surface area contributed by atoms with E-state index in [1.165, 1.54) is 12.4 Å². The maximum absolute atomic E-state index is 14.2. The van der Waals surface area contributed by atoms with E-state index in [1.54, 1.807) is 34.0 Å². The number of halogens is 1. The number of piperidine rings is 1. The molecular formula is C17H20FN5O2. The van der Waals surface area contributed by atoms with Crippen LogP contribution in [-0.4, -0.2) is 39.5 Å². The first kappa shape index (κ1) is 16.9. The Bertz CT molecular complexity index is 754. The van der Waals surface area contributed by atoms with Crippen LogP contribution in [0.2, 0.25) is 0 Å².